The van der Waals surface area contributed by atoms with Crippen LogP contribution in [-0.4, -0.2) is 4.92 Å². The lowest BCUT2D eigenvalue weighted by Crippen LogP contribution is -1.98. The highest BCUT2D eigenvalue weighted by Gasteiger charge is 2.12. The number of rotatable bonds is 6. The highest BCUT2D eigenvalue weighted by atomic mass is 79.9. The van der Waals surface area contributed by atoms with E-state index in [4.69, 9.17) is 4.74 Å². The van der Waals surface area contributed by atoms with Crippen molar-refractivity contribution in [3.05, 3.63) is 102 Å². The molecule has 150 valence electrons. The molecule has 3 aromatic rings. The van der Waals surface area contributed by atoms with Gasteiger partial charge in [0, 0.05) is 17.7 Å². The standard InChI is InChI=1S/C22H13Br2FN2O3/c23-19-10-15(8-16(12-26)18-6-1-2-7-21(18)25)11-20(24)22(19)30-13-14-4-3-5-17(9-14)27(28)29/h1-11H,13H2/b16-8-. The Kier molecular flexibility index (Phi) is 6.98. The molecular formula is C22H13Br2FN2O3. The zero-order chi connectivity index (χ0) is 21.7. The van der Waals surface area contributed by atoms with E-state index in [-0.39, 0.29) is 23.4 Å². The van der Waals surface area contributed by atoms with Crippen molar-refractivity contribution >= 4 is 49.2 Å². The molecule has 0 amide bonds. The van der Waals surface area contributed by atoms with Crippen molar-refractivity contribution in [2.24, 2.45) is 0 Å². The summed E-state index contributed by atoms with van der Waals surface area (Å²) in [7, 11) is 0. The van der Waals surface area contributed by atoms with Gasteiger partial charge in [-0.05, 0) is 67.3 Å². The first kappa shape index (κ1) is 21.7. The van der Waals surface area contributed by atoms with Crippen LogP contribution in [0.2, 0.25) is 0 Å². The van der Waals surface area contributed by atoms with Gasteiger partial charge >= 0.3 is 0 Å². The number of non-ortho nitro benzene ring substituents is 1. The van der Waals surface area contributed by atoms with Crippen LogP contribution in [0.25, 0.3) is 11.6 Å². The fourth-order valence-corrected chi connectivity index (χ4v) is 4.18. The molecule has 8 heteroatoms. The van der Waals surface area contributed by atoms with Gasteiger partial charge < -0.3 is 4.74 Å². The highest BCUT2D eigenvalue weighted by molar-refractivity contribution is 9.11. The van der Waals surface area contributed by atoms with E-state index >= 15 is 0 Å². The van der Waals surface area contributed by atoms with E-state index in [1.54, 1.807) is 48.5 Å². The van der Waals surface area contributed by atoms with Gasteiger partial charge in [-0.1, -0.05) is 30.3 Å². The molecule has 0 radical (unpaired) electrons. The maximum absolute atomic E-state index is 14.0. The van der Waals surface area contributed by atoms with Crippen LogP contribution in [0.1, 0.15) is 16.7 Å². The normalized spacial score (nSPS) is 11.1. The van der Waals surface area contributed by atoms with Crippen LogP contribution in [0.5, 0.6) is 5.75 Å². The Morgan fingerprint density at radius 2 is 1.83 bits per heavy atom. The van der Waals surface area contributed by atoms with Crippen molar-refractivity contribution in [1.82, 2.24) is 0 Å². The predicted molar refractivity (Wildman–Crippen MR) is 119 cm³/mol. The minimum absolute atomic E-state index is 0.00751. The number of halogens is 3. The third-order valence-electron chi connectivity index (χ3n) is 4.12. The van der Waals surface area contributed by atoms with Gasteiger partial charge in [-0.2, -0.15) is 5.26 Å². The third-order valence-corrected chi connectivity index (χ3v) is 5.30. The Bertz CT molecular complexity index is 1170. The molecule has 5 nitrogen and oxygen atoms in total. The van der Waals surface area contributed by atoms with Crippen LogP contribution in [0.15, 0.2) is 69.6 Å². The van der Waals surface area contributed by atoms with Gasteiger partial charge in [0.25, 0.3) is 5.69 Å². The van der Waals surface area contributed by atoms with Crippen molar-refractivity contribution < 1.29 is 14.1 Å². The van der Waals surface area contributed by atoms with Gasteiger partial charge in [0.2, 0.25) is 0 Å². The van der Waals surface area contributed by atoms with Gasteiger partial charge in [-0.3, -0.25) is 10.1 Å². The second kappa shape index (κ2) is 9.65. The quantitative estimate of drug-likeness (QED) is 0.150. The van der Waals surface area contributed by atoms with Crippen molar-refractivity contribution in [2.75, 3.05) is 0 Å². The lowest BCUT2D eigenvalue weighted by Gasteiger charge is -2.12. The molecule has 0 aliphatic rings. The van der Waals surface area contributed by atoms with Gasteiger partial charge in [-0.25, -0.2) is 4.39 Å². The zero-order valence-electron chi connectivity index (χ0n) is 15.3. The van der Waals surface area contributed by atoms with Gasteiger partial charge in [0.05, 0.1) is 25.5 Å². The molecular weight excluding hydrogens is 519 g/mol. The summed E-state index contributed by atoms with van der Waals surface area (Å²) in [6, 6.07) is 17.8. The lowest BCUT2D eigenvalue weighted by molar-refractivity contribution is -0.384. The Hall–Kier alpha value is -3.02. The number of hydrogen-bond donors (Lipinski definition) is 0. The average Bonchev–Trinajstić information content (AvgIpc) is 2.72. The minimum Gasteiger partial charge on any atom is -0.487 e. The fourth-order valence-electron chi connectivity index (χ4n) is 2.73. The Balaban J connectivity index is 1.85. The first-order valence-electron chi connectivity index (χ1n) is 8.61. The molecule has 30 heavy (non-hydrogen) atoms. The Morgan fingerprint density at radius 3 is 2.47 bits per heavy atom. The van der Waals surface area contributed by atoms with Crippen LogP contribution < -0.4 is 4.74 Å². The molecule has 0 aliphatic carbocycles. The summed E-state index contributed by atoms with van der Waals surface area (Å²) in [5.41, 5.74) is 1.72. The zero-order valence-corrected chi connectivity index (χ0v) is 18.5. The summed E-state index contributed by atoms with van der Waals surface area (Å²) in [6.45, 7) is 0.132. The molecule has 0 atom stereocenters. The predicted octanol–water partition coefficient (Wildman–Crippen LogP) is 6.90. The second-order valence-electron chi connectivity index (χ2n) is 6.18. The molecule has 0 unspecified atom stereocenters. The van der Waals surface area contributed by atoms with Gasteiger partial charge in [0.15, 0.2) is 0 Å². The Labute approximate surface area is 188 Å². The van der Waals surface area contributed by atoms with Crippen molar-refractivity contribution in [1.29, 1.82) is 5.26 Å². The van der Waals surface area contributed by atoms with E-state index in [9.17, 15) is 19.8 Å². The largest absolute Gasteiger partial charge is 0.487 e. The number of nitro benzene ring substituents is 1. The summed E-state index contributed by atoms with van der Waals surface area (Å²) >= 11 is 6.88. The first-order valence-corrected chi connectivity index (χ1v) is 10.2. The Morgan fingerprint density at radius 1 is 1.13 bits per heavy atom. The van der Waals surface area contributed by atoms with Crippen LogP contribution in [0.4, 0.5) is 10.1 Å². The molecule has 0 saturated carbocycles. The molecule has 0 N–H and O–H groups in total. The van der Waals surface area contributed by atoms with Crippen LogP contribution in [-0.2, 0) is 6.61 Å². The second-order valence-corrected chi connectivity index (χ2v) is 7.89. The van der Waals surface area contributed by atoms with Crippen LogP contribution in [0.3, 0.4) is 0 Å². The molecule has 0 spiro atoms. The molecule has 0 aliphatic heterocycles. The molecule has 3 aromatic carbocycles. The minimum atomic E-state index is -0.472. The van der Waals surface area contributed by atoms with Crippen molar-refractivity contribution in [3.63, 3.8) is 0 Å². The maximum Gasteiger partial charge on any atom is 0.269 e. The van der Waals surface area contributed by atoms with Crippen LogP contribution >= 0.6 is 31.9 Å². The summed E-state index contributed by atoms with van der Waals surface area (Å²) in [5.74, 6) is 0.0309. The highest BCUT2D eigenvalue weighted by Crippen LogP contribution is 2.36. The van der Waals surface area contributed by atoms with E-state index in [1.807, 2.05) is 6.07 Å². The molecule has 0 saturated heterocycles. The molecule has 3 rings (SSSR count). The molecule has 0 bridgehead atoms. The van der Waals surface area contributed by atoms with Gasteiger partial charge in [-0.15, -0.1) is 0 Å². The monoisotopic (exact) mass is 530 g/mol. The van der Waals surface area contributed by atoms with E-state index in [0.29, 0.717) is 25.8 Å². The number of allylic oxidation sites excluding steroid dienone is 1. The number of nitriles is 1. The smallest absolute Gasteiger partial charge is 0.269 e. The average molecular weight is 532 g/mol. The lowest BCUT2D eigenvalue weighted by atomic mass is 10.0. The molecule has 0 heterocycles. The summed E-state index contributed by atoms with van der Waals surface area (Å²) in [6.07, 6.45) is 1.58. The number of nitrogens with zero attached hydrogens (tertiary/aromatic N) is 2. The summed E-state index contributed by atoms with van der Waals surface area (Å²) < 4.78 is 21.1. The molecule has 0 aromatic heterocycles. The summed E-state index contributed by atoms with van der Waals surface area (Å²) in [4.78, 5) is 10.4. The van der Waals surface area contributed by atoms with Crippen LogP contribution in [0, 0.1) is 27.3 Å². The number of hydrogen-bond acceptors (Lipinski definition) is 4. The fraction of sp³-hybridized carbons (Fsp3) is 0.0455. The molecule has 0 fully saturated rings. The van der Waals surface area contributed by atoms with Crippen molar-refractivity contribution in [2.45, 2.75) is 6.61 Å². The SMILES string of the molecule is N#C/C(=C/c1cc(Br)c(OCc2cccc([N+](=O)[O-])c2)c(Br)c1)c1ccccc1F. The van der Waals surface area contributed by atoms with E-state index in [2.05, 4.69) is 31.9 Å². The number of benzene rings is 3. The van der Waals surface area contributed by atoms with E-state index < -0.39 is 10.7 Å². The van der Waals surface area contributed by atoms with E-state index in [0.717, 1.165) is 0 Å². The first-order chi connectivity index (χ1) is 14.4. The number of ether oxygens (including phenoxy) is 1. The topological polar surface area (TPSA) is 76.2 Å². The third kappa shape index (κ3) is 5.12. The van der Waals surface area contributed by atoms with E-state index in [1.165, 1.54) is 18.2 Å². The number of nitro groups is 1. The maximum atomic E-state index is 14.0. The summed E-state index contributed by atoms with van der Waals surface area (Å²) in [5, 5.41) is 20.4. The van der Waals surface area contributed by atoms with Crippen molar-refractivity contribution in [3.8, 4) is 11.8 Å². The van der Waals surface area contributed by atoms with Gasteiger partial charge in [0.1, 0.15) is 18.2 Å².